The van der Waals surface area contributed by atoms with E-state index in [2.05, 4.69) is 16.4 Å². The van der Waals surface area contributed by atoms with E-state index < -0.39 is 0 Å². The van der Waals surface area contributed by atoms with Crippen LogP contribution in [0.5, 0.6) is 0 Å². The molecule has 1 aromatic heterocycles. The quantitative estimate of drug-likeness (QED) is 0.851. The van der Waals surface area contributed by atoms with Gasteiger partial charge in [-0.2, -0.15) is 5.26 Å². The maximum atomic E-state index is 12.4. The van der Waals surface area contributed by atoms with Crippen molar-refractivity contribution in [1.82, 2.24) is 15.2 Å². The molecule has 2 rings (SSSR count). The first-order chi connectivity index (χ1) is 9.79. The summed E-state index contributed by atoms with van der Waals surface area (Å²) in [5.74, 6) is 0.114. The highest BCUT2D eigenvalue weighted by atomic mass is 16.2. The van der Waals surface area contributed by atoms with Crippen LogP contribution in [0.1, 0.15) is 31.2 Å². The fraction of sp³-hybridized carbons (Fsp3) is 0.533. The average Bonchev–Trinajstić information content (AvgIpc) is 2.97. The van der Waals surface area contributed by atoms with E-state index in [-0.39, 0.29) is 5.91 Å². The van der Waals surface area contributed by atoms with Gasteiger partial charge in [-0.05, 0) is 31.0 Å². The van der Waals surface area contributed by atoms with E-state index in [4.69, 9.17) is 5.26 Å². The number of carbonyl (C=O) groups is 1. The van der Waals surface area contributed by atoms with Crippen LogP contribution in [0.4, 0.5) is 0 Å². The molecule has 1 unspecified atom stereocenters. The Bertz CT molecular complexity index is 463. The van der Waals surface area contributed by atoms with E-state index >= 15 is 0 Å². The average molecular weight is 272 g/mol. The number of nitriles is 1. The maximum Gasteiger partial charge on any atom is 0.224 e. The summed E-state index contributed by atoms with van der Waals surface area (Å²) < 4.78 is 0. The highest BCUT2D eigenvalue weighted by Crippen LogP contribution is 2.12. The molecule has 0 radical (unpaired) electrons. The number of nitrogens with zero attached hydrogens (tertiary/aromatic N) is 3. The number of amides is 1. The summed E-state index contributed by atoms with van der Waals surface area (Å²) in [4.78, 5) is 18.2. The molecule has 1 saturated heterocycles. The number of hydrogen-bond donors (Lipinski definition) is 1. The van der Waals surface area contributed by atoms with Crippen molar-refractivity contribution < 1.29 is 4.79 Å². The van der Waals surface area contributed by atoms with E-state index in [0.717, 1.165) is 24.9 Å². The van der Waals surface area contributed by atoms with Gasteiger partial charge in [-0.25, -0.2) is 0 Å². The first-order valence-electron chi connectivity index (χ1n) is 7.06. The fourth-order valence-corrected chi connectivity index (χ4v) is 2.46. The number of hydrogen-bond acceptors (Lipinski definition) is 4. The molecule has 5 heteroatoms. The Kier molecular flexibility index (Phi) is 5.51. The normalized spacial score (nSPS) is 17.6. The van der Waals surface area contributed by atoms with Gasteiger partial charge in [0.2, 0.25) is 5.91 Å². The van der Waals surface area contributed by atoms with Gasteiger partial charge in [0.25, 0.3) is 0 Å². The van der Waals surface area contributed by atoms with Crippen molar-refractivity contribution in [3.63, 3.8) is 0 Å². The molecule has 1 atom stereocenters. The van der Waals surface area contributed by atoms with E-state index in [1.807, 2.05) is 12.1 Å². The van der Waals surface area contributed by atoms with Gasteiger partial charge in [0, 0.05) is 37.9 Å². The van der Waals surface area contributed by atoms with Crippen LogP contribution in [0, 0.1) is 11.3 Å². The fourth-order valence-electron chi connectivity index (χ4n) is 2.46. The zero-order valence-electron chi connectivity index (χ0n) is 11.6. The lowest BCUT2D eigenvalue weighted by Gasteiger charge is -2.23. The minimum Gasteiger partial charge on any atom is -0.337 e. The Morgan fingerprint density at radius 1 is 1.60 bits per heavy atom. The third-order valence-corrected chi connectivity index (χ3v) is 3.53. The SMILES string of the molecule is N#CCCN(Cc1cccnc1)C(=O)CC1CCCN1. The van der Waals surface area contributed by atoms with Gasteiger partial charge in [-0.15, -0.1) is 0 Å². The third-order valence-electron chi connectivity index (χ3n) is 3.53. The van der Waals surface area contributed by atoms with Crippen molar-refractivity contribution in [2.45, 2.75) is 38.3 Å². The van der Waals surface area contributed by atoms with Gasteiger partial charge in [0.15, 0.2) is 0 Å². The zero-order chi connectivity index (χ0) is 14.2. The van der Waals surface area contributed by atoms with Crippen LogP contribution in [0.3, 0.4) is 0 Å². The minimum absolute atomic E-state index is 0.114. The summed E-state index contributed by atoms with van der Waals surface area (Å²) in [5, 5.41) is 12.1. The summed E-state index contributed by atoms with van der Waals surface area (Å²) in [6.45, 7) is 2.01. The predicted octanol–water partition coefficient (Wildman–Crippen LogP) is 1.47. The molecule has 1 aliphatic rings. The Hall–Kier alpha value is -1.93. The molecule has 1 aliphatic heterocycles. The second-order valence-corrected chi connectivity index (χ2v) is 5.08. The Balaban J connectivity index is 1.95. The van der Waals surface area contributed by atoms with E-state index in [1.54, 1.807) is 17.3 Å². The van der Waals surface area contributed by atoms with E-state index in [1.165, 1.54) is 0 Å². The Morgan fingerprint density at radius 3 is 3.15 bits per heavy atom. The van der Waals surface area contributed by atoms with Crippen molar-refractivity contribution in [3.8, 4) is 6.07 Å². The summed E-state index contributed by atoms with van der Waals surface area (Å²) in [5.41, 5.74) is 0.998. The van der Waals surface area contributed by atoms with Gasteiger partial charge in [0.05, 0.1) is 12.5 Å². The number of aromatic nitrogens is 1. The molecule has 2 heterocycles. The van der Waals surface area contributed by atoms with Crippen LogP contribution in [0.15, 0.2) is 24.5 Å². The molecule has 1 N–H and O–H groups in total. The van der Waals surface area contributed by atoms with Crippen molar-refractivity contribution in [2.75, 3.05) is 13.1 Å². The number of rotatable bonds is 6. The molecule has 0 aliphatic carbocycles. The summed E-state index contributed by atoms with van der Waals surface area (Å²) >= 11 is 0. The molecule has 5 nitrogen and oxygen atoms in total. The van der Waals surface area contributed by atoms with Gasteiger partial charge in [0.1, 0.15) is 0 Å². The first kappa shape index (κ1) is 14.5. The minimum atomic E-state index is 0.114. The second kappa shape index (κ2) is 7.61. The summed E-state index contributed by atoms with van der Waals surface area (Å²) in [7, 11) is 0. The van der Waals surface area contributed by atoms with E-state index in [0.29, 0.717) is 32.0 Å². The molecule has 1 aromatic rings. The van der Waals surface area contributed by atoms with Crippen molar-refractivity contribution in [3.05, 3.63) is 30.1 Å². The van der Waals surface area contributed by atoms with Gasteiger partial charge >= 0.3 is 0 Å². The molecule has 20 heavy (non-hydrogen) atoms. The molecule has 1 fully saturated rings. The third kappa shape index (κ3) is 4.32. The van der Waals surface area contributed by atoms with Gasteiger partial charge in [-0.3, -0.25) is 9.78 Å². The summed E-state index contributed by atoms with van der Waals surface area (Å²) in [6, 6.07) is 6.21. The lowest BCUT2D eigenvalue weighted by molar-refractivity contribution is -0.132. The van der Waals surface area contributed by atoms with Crippen LogP contribution in [-0.2, 0) is 11.3 Å². The van der Waals surface area contributed by atoms with Gasteiger partial charge < -0.3 is 10.2 Å². The number of carbonyl (C=O) groups excluding carboxylic acids is 1. The van der Waals surface area contributed by atoms with Crippen molar-refractivity contribution >= 4 is 5.91 Å². The lowest BCUT2D eigenvalue weighted by atomic mass is 10.1. The highest BCUT2D eigenvalue weighted by molar-refractivity contribution is 5.76. The zero-order valence-corrected chi connectivity index (χ0v) is 11.6. The molecule has 106 valence electrons. The monoisotopic (exact) mass is 272 g/mol. The highest BCUT2D eigenvalue weighted by Gasteiger charge is 2.21. The van der Waals surface area contributed by atoms with Crippen molar-refractivity contribution in [1.29, 1.82) is 5.26 Å². The Labute approximate surface area is 119 Å². The van der Waals surface area contributed by atoms with Crippen LogP contribution < -0.4 is 5.32 Å². The van der Waals surface area contributed by atoms with Gasteiger partial charge in [-0.1, -0.05) is 6.07 Å². The maximum absolute atomic E-state index is 12.4. The topological polar surface area (TPSA) is 69.0 Å². The smallest absolute Gasteiger partial charge is 0.224 e. The number of pyridine rings is 1. The molecule has 0 aromatic carbocycles. The van der Waals surface area contributed by atoms with Crippen LogP contribution in [0.25, 0.3) is 0 Å². The molecule has 0 spiro atoms. The molecule has 0 bridgehead atoms. The number of nitrogens with one attached hydrogen (secondary N) is 1. The first-order valence-corrected chi connectivity index (χ1v) is 7.06. The molecular weight excluding hydrogens is 252 g/mol. The van der Waals surface area contributed by atoms with Crippen LogP contribution in [0.2, 0.25) is 0 Å². The van der Waals surface area contributed by atoms with Crippen LogP contribution >= 0.6 is 0 Å². The van der Waals surface area contributed by atoms with Crippen LogP contribution in [-0.4, -0.2) is 34.9 Å². The van der Waals surface area contributed by atoms with E-state index in [9.17, 15) is 4.79 Å². The largest absolute Gasteiger partial charge is 0.337 e. The lowest BCUT2D eigenvalue weighted by Crippen LogP contribution is -2.36. The molecule has 1 amide bonds. The predicted molar refractivity (Wildman–Crippen MR) is 75.5 cm³/mol. The molecular formula is C15H20N4O. The Morgan fingerprint density at radius 2 is 2.50 bits per heavy atom. The molecule has 0 saturated carbocycles. The second-order valence-electron chi connectivity index (χ2n) is 5.08. The summed E-state index contributed by atoms with van der Waals surface area (Å²) in [6.07, 6.45) is 6.56. The van der Waals surface area contributed by atoms with Crippen molar-refractivity contribution in [2.24, 2.45) is 0 Å². The standard InChI is InChI=1S/C15H20N4O/c16-6-3-9-19(12-13-4-1-7-17-11-13)15(20)10-14-5-2-8-18-14/h1,4,7,11,14,18H,2-3,5,8-10,12H2.